The van der Waals surface area contributed by atoms with Crippen molar-refractivity contribution in [3.05, 3.63) is 0 Å². The molecule has 1 saturated heterocycles. The summed E-state index contributed by atoms with van der Waals surface area (Å²) in [5, 5.41) is 35.2. The summed E-state index contributed by atoms with van der Waals surface area (Å²) in [6.45, 7) is 7.66. The van der Waals surface area contributed by atoms with E-state index in [0.29, 0.717) is 0 Å². The number of hydrogen-bond acceptors (Lipinski definition) is 10. The quantitative estimate of drug-likeness (QED) is 0.155. The van der Waals surface area contributed by atoms with Gasteiger partial charge in [0.2, 0.25) is 7.59 Å². The van der Waals surface area contributed by atoms with Crippen LogP contribution in [-0.2, 0) is 28.2 Å². The second-order valence-corrected chi connectivity index (χ2v) is 20.4. The zero-order chi connectivity index (χ0) is 32.0. The van der Waals surface area contributed by atoms with Crippen LogP contribution in [0.2, 0.25) is 18.1 Å². The highest BCUT2D eigenvalue weighted by Crippen LogP contribution is 2.37. The fraction of sp³-hybridized carbons (Fsp3) is 0.857. The van der Waals surface area contributed by atoms with E-state index in [-0.39, 0.29) is 11.6 Å². The van der Waals surface area contributed by atoms with Crippen LogP contribution < -0.4 is 10.6 Å². The Morgan fingerprint density at radius 1 is 0.927 bits per heavy atom. The molecule has 0 radical (unpaired) electrons. The highest BCUT2D eigenvalue weighted by Gasteiger charge is 2.48. The maximum Gasteiger partial charge on any atom is 0.408 e. The number of halogens is 6. The summed E-state index contributed by atoms with van der Waals surface area (Å²) >= 11 is 33.3. The average Bonchev–Trinajstić information content (AvgIpc) is 2.80. The Morgan fingerprint density at radius 3 is 1.90 bits per heavy atom. The number of carbonyl (C=O) groups excluding carboxylic acids is 2. The molecule has 240 valence electrons. The summed E-state index contributed by atoms with van der Waals surface area (Å²) in [6.07, 6.45) is -8.45. The molecule has 0 aromatic heterocycles. The maximum atomic E-state index is 12.3. The SMILES string of the molecule is CC(C)(C)[Si](C)(C)OCC1OC(OCC(NC(=O)OCC(Cl)(Cl)Cl)C(=O)O)C(NC(=O)OCC(Cl)(Cl)Cl)C(O)C1O. The minimum absolute atomic E-state index is 0.164. The van der Waals surface area contributed by atoms with Crippen molar-refractivity contribution >= 4 is 96.1 Å². The van der Waals surface area contributed by atoms with E-state index in [9.17, 15) is 29.7 Å². The minimum Gasteiger partial charge on any atom is -0.480 e. The standard InChI is InChI=1S/C21H34Cl6N2O11Si/c1-19(2,3)41(4,5)39-7-11-13(30)14(31)12(29-18(35)38-9-21(25,26)27)16(40-11)36-6-10(15(32)33)28-17(34)37-8-20(22,23)24/h10-14,16,30-31H,6-9H2,1-5H3,(H,28,34)(H,29,35)(H,32,33). The zero-order valence-corrected chi connectivity index (χ0v) is 28.2. The summed E-state index contributed by atoms with van der Waals surface area (Å²) in [6, 6.07) is -3.23. The molecular weight excluding hydrogens is 697 g/mol. The van der Waals surface area contributed by atoms with Gasteiger partial charge in [-0.05, 0) is 18.1 Å². The molecule has 13 nitrogen and oxygen atoms in total. The number of aliphatic hydroxyl groups excluding tert-OH is 2. The van der Waals surface area contributed by atoms with E-state index >= 15 is 0 Å². The van der Waals surface area contributed by atoms with E-state index < -0.39 is 90.6 Å². The first kappa shape index (κ1) is 38.8. The lowest BCUT2D eigenvalue weighted by atomic mass is 9.97. The zero-order valence-electron chi connectivity index (χ0n) is 22.7. The molecule has 0 spiro atoms. The highest BCUT2D eigenvalue weighted by molar-refractivity contribution is 6.74. The number of hydrogen-bond donors (Lipinski definition) is 5. The number of alkyl halides is 6. The van der Waals surface area contributed by atoms with Gasteiger partial charge in [-0.25, -0.2) is 14.4 Å². The molecule has 1 aliphatic heterocycles. The van der Waals surface area contributed by atoms with Crippen molar-refractivity contribution in [2.75, 3.05) is 26.4 Å². The Hall–Kier alpha value is -0.233. The van der Waals surface area contributed by atoms with Gasteiger partial charge in [-0.3, -0.25) is 0 Å². The van der Waals surface area contributed by atoms with Gasteiger partial charge in [-0.1, -0.05) is 90.4 Å². The summed E-state index contributed by atoms with van der Waals surface area (Å²) in [7, 11) is -2.33. The van der Waals surface area contributed by atoms with Gasteiger partial charge in [0.25, 0.3) is 0 Å². The van der Waals surface area contributed by atoms with Crippen LogP contribution in [0.5, 0.6) is 0 Å². The van der Waals surface area contributed by atoms with E-state index in [2.05, 4.69) is 10.1 Å². The van der Waals surface area contributed by atoms with Gasteiger partial charge >= 0.3 is 18.2 Å². The molecule has 20 heteroatoms. The van der Waals surface area contributed by atoms with Crippen molar-refractivity contribution in [1.29, 1.82) is 0 Å². The van der Waals surface area contributed by atoms with E-state index in [1.165, 1.54) is 0 Å². The third-order valence-corrected chi connectivity index (χ3v) is 11.3. The molecule has 1 rings (SSSR count). The van der Waals surface area contributed by atoms with Gasteiger partial charge in [0.1, 0.15) is 37.6 Å². The first-order chi connectivity index (χ1) is 18.4. The lowest BCUT2D eigenvalue weighted by Crippen LogP contribution is -2.65. The van der Waals surface area contributed by atoms with Gasteiger partial charge in [0.05, 0.1) is 13.2 Å². The molecule has 0 aliphatic carbocycles. The van der Waals surface area contributed by atoms with Crippen LogP contribution in [0.25, 0.3) is 0 Å². The number of nitrogens with one attached hydrogen (secondary N) is 2. The molecule has 5 N–H and O–H groups in total. The number of aliphatic hydroxyl groups is 2. The van der Waals surface area contributed by atoms with Crippen molar-refractivity contribution in [3.8, 4) is 0 Å². The van der Waals surface area contributed by atoms with Crippen LogP contribution in [0, 0.1) is 0 Å². The molecule has 0 saturated carbocycles. The Bertz CT molecular complexity index is 901. The fourth-order valence-corrected chi connectivity index (χ4v) is 4.24. The largest absolute Gasteiger partial charge is 0.480 e. The minimum atomic E-state index is -2.33. The number of carboxylic acid groups (broad SMARTS) is 1. The molecule has 1 heterocycles. The Kier molecular flexibility index (Phi) is 14.8. The van der Waals surface area contributed by atoms with E-state index in [1.807, 2.05) is 39.2 Å². The van der Waals surface area contributed by atoms with Gasteiger partial charge in [-0.15, -0.1) is 0 Å². The Morgan fingerprint density at radius 2 is 1.44 bits per heavy atom. The number of carbonyl (C=O) groups is 3. The number of carboxylic acids is 1. The smallest absolute Gasteiger partial charge is 0.408 e. The molecule has 41 heavy (non-hydrogen) atoms. The van der Waals surface area contributed by atoms with Gasteiger partial charge < -0.3 is 49.3 Å². The number of amides is 2. The molecule has 1 aliphatic rings. The van der Waals surface area contributed by atoms with Crippen molar-refractivity contribution in [2.24, 2.45) is 0 Å². The summed E-state index contributed by atoms with van der Waals surface area (Å²) in [5.74, 6) is -1.54. The van der Waals surface area contributed by atoms with E-state index in [0.717, 1.165) is 0 Å². The van der Waals surface area contributed by atoms with Crippen molar-refractivity contribution in [3.63, 3.8) is 0 Å². The van der Waals surface area contributed by atoms with Crippen LogP contribution in [0.1, 0.15) is 20.8 Å². The van der Waals surface area contributed by atoms with E-state index in [4.69, 9.17) is 88.2 Å². The molecule has 6 atom stereocenters. The molecular formula is C21H34Cl6N2O11Si. The number of rotatable bonds is 11. The average molecular weight is 731 g/mol. The third kappa shape index (κ3) is 13.9. The summed E-state index contributed by atoms with van der Waals surface area (Å²) in [5.41, 5.74) is 0. The second kappa shape index (κ2) is 15.7. The van der Waals surface area contributed by atoms with Crippen LogP contribution in [0.15, 0.2) is 0 Å². The molecule has 6 unspecified atom stereocenters. The van der Waals surface area contributed by atoms with Crippen molar-refractivity contribution < 1.29 is 53.1 Å². The molecule has 0 bridgehead atoms. The van der Waals surface area contributed by atoms with Crippen molar-refractivity contribution in [1.82, 2.24) is 10.6 Å². The number of alkyl carbamates (subject to hydrolysis) is 2. The Balaban J connectivity index is 3.09. The monoisotopic (exact) mass is 728 g/mol. The number of ether oxygens (including phenoxy) is 4. The van der Waals surface area contributed by atoms with Gasteiger partial charge in [0, 0.05) is 0 Å². The predicted molar refractivity (Wildman–Crippen MR) is 155 cm³/mol. The first-order valence-electron chi connectivity index (χ1n) is 11.9. The van der Waals surface area contributed by atoms with Crippen LogP contribution >= 0.6 is 69.6 Å². The molecule has 0 aromatic rings. The second-order valence-electron chi connectivity index (χ2n) is 10.5. The van der Waals surface area contributed by atoms with Gasteiger partial charge in [-0.2, -0.15) is 0 Å². The van der Waals surface area contributed by atoms with Gasteiger partial charge in [0.15, 0.2) is 20.6 Å². The number of aliphatic carboxylic acids is 1. The third-order valence-electron chi connectivity index (χ3n) is 6.15. The maximum absolute atomic E-state index is 12.3. The lowest BCUT2D eigenvalue weighted by molar-refractivity contribution is -0.269. The van der Waals surface area contributed by atoms with Crippen molar-refractivity contribution in [2.45, 2.75) is 83.2 Å². The topological polar surface area (TPSA) is 182 Å². The molecule has 2 amide bonds. The highest BCUT2D eigenvalue weighted by atomic mass is 35.6. The molecule has 1 fully saturated rings. The normalized spacial score (nSPS) is 24.8. The first-order valence-corrected chi connectivity index (χ1v) is 17.1. The molecule has 0 aromatic carbocycles. The summed E-state index contributed by atoms with van der Waals surface area (Å²) in [4.78, 5) is 36.0. The van der Waals surface area contributed by atoms with Crippen LogP contribution in [0.3, 0.4) is 0 Å². The van der Waals surface area contributed by atoms with E-state index in [1.54, 1.807) is 0 Å². The Labute approximate surface area is 268 Å². The lowest BCUT2D eigenvalue weighted by Gasteiger charge is -2.44. The fourth-order valence-electron chi connectivity index (χ4n) is 2.89. The van der Waals surface area contributed by atoms with Crippen LogP contribution in [0.4, 0.5) is 9.59 Å². The summed E-state index contributed by atoms with van der Waals surface area (Å²) < 4.78 is 23.0. The predicted octanol–water partition coefficient (Wildman–Crippen LogP) is 3.49. The van der Waals surface area contributed by atoms with Crippen LogP contribution in [-0.4, -0.2) is 112 Å².